The molecular weight excluding hydrogens is 493 g/mol. The van der Waals surface area contributed by atoms with Gasteiger partial charge in [0.25, 0.3) is 0 Å². The van der Waals surface area contributed by atoms with Gasteiger partial charge >= 0.3 is 0 Å². The van der Waals surface area contributed by atoms with E-state index in [1.54, 1.807) is 6.07 Å². The summed E-state index contributed by atoms with van der Waals surface area (Å²) in [5.41, 5.74) is 2.45. The molecular formula is C29H37Cl2N3O2. The molecule has 0 aliphatic carbocycles. The van der Waals surface area contributed by atoms with E-state index in [0.29, 0.717) is 41.4 Å². The SMILES string of the molecule is Cc1ccc(CN(C)C(=O)C(C)(CCN2CCC(N3CCCC3=O)CC2)c2ccc(Cl)c(Cl)c2)cc1. The largest absolute Gasteiger partial charge is 0.341 e. The Hall–Kier alpha value is -2.08. The fourth-order valence-electron chi connectivity index (χ4n) is 5.57. The fraction of sp³-hybridized carbons (Fsp3) is 0.517. The number of benzene rings is 2. The highest BCUT2D eigenvalue weighted by atomic mass is 35.5. The topological polar surface area (TPSA) is 43.9 Å². The highest BCUT2D eigenvalue weighted by Gasteiger charge is 2.39. The first-order valence-electron chi connectivity index (χ1n) is 13.0. The summed E-state index contributed by atoms with van der Waals surface area (Å²) in [5.74, 6) is 0.377. The van der Waals surface area contributed by atoms with E-state index < -0.39 is 5.41 Å². The monoisotopic (exact) mass is 529 g/mol. The second-order valence-corrected chi connectivity index (χ2v) is 11.4. The van der Waals surface area contributed by atoms with Crippen LogP contribution in [0.25, 0.3) is 0 Å². The van der Waals surface area contributed by atoms with Crippen LogP contribution in [0.4, 0.5) is 0 Å². The zero-order valence-electron chi connectivity index (χ0n) is 21.6. The highest BCUT2D eigenvalue weighted by molar-refractivity contribution is 6.42. The van der Waals surface area contributed by atoms with Crippen LogP contribution in [0, 0.1) is 6.92 Å². The minimum atomic E-state index is -0.741. The van der Waals surface area contributed by atoms with Crippen LogP contribution in [-0.2, 0) is 21.5 Å². The lowest BCUT2D eigenvalue weighted by Gasteiger charge is -2.39. The second-order valence-electron chi connectivity index (χ2n) is 10.6. The van der Waals surface area contributed by atoms with Crippen molar-refractivity contribution in [2.75, 3.05) is 33.2 Å². The van der Waals surface area contributed by atoms with Crippen LogP contribution in [0.1, 0.15) is 55.7 Å². The van der Waals surface area contributed by atoms with Crippen molar-refractivity contribution in [2.45, 2.75) is 64.0 Å². The number of piperidine rings is 1. The Balaban J connectivity index is 1.46. The Labute approximate surface area is 225 Å². The fourth-order valence-corrected chi connectivity index (χ4v) is 5.86. The smallest absolute Gasteiger partial charge is 0.233 e. The minimum Gasteiger partial charge on any atom is -0.341 e. The highest BCUT2D eigenvalue weighted by Crippen LogP contribution is 2.35. The molecule has 1 atom stereocenters. The van der Waals surface area contributed by atoms with Gasteiger partial charge in [-0.05, 0) is 69.3 Å². The Kier molecular flexibility index (Phi) is 8.64. The van der Waals surface area contributed by atoms with Gasteiger partial charge in [0.15, 0.2) is 0 Å². The maximum Gasteiger partial charge on any atom is 0.233 e. The Morgan fingerprint density at radius 1 is 1.06 bits per heavy atom. The molecule has 0 N–H and O–H groups in total. The number of rotatable bonds is 8. The van der Waals surface area contributed by atoms with Gasteiger partial charge in [0.1, 0.15) is 0 Å². The molecule has 2 aliphatic heterocycles. The van der Waals surface area contributed by atoms with Gasteiger partial charge in [-0.3, -0.25) is 9.59 Å². The number of carbonyl (C=O) groups is 2. The molecule has 2 fully saturated rings. The van der Waals surface area contributed by atoms with Crippen molar-refractivity contribution in [1.82, 2.24) is 14.7 Å². The Bertz CT molecular complexity index is 1080. The molecule has 2 aromatic carbocycles. The van der Waals surface area contributed by atoms with Crippen LogP contribution >= 0.6 is 23.2 Å². The molecule has 0 bridgehead atoms. The van der Waals surface area contributed by atoms with Crippen molar-refractivity contribution in [2.24, 2.45) is 0 Å². The molecule has 4 rings (SSSR count). The maximum absolute atomic E-state index is 14.0. The summed E-state index contributed by atoms with van der Waals surface area (Å²) in [5, 5.41) is 0.951. The van der Waals surface area contributed by atoms with Crippen LogP contribution in [-0.4, -0.2) is 65.8 Å². The number of carbonyl (C=O) groups excluding carboxylic acids is 2. The summed E-state index contributed by atoms with van der Waals surface area (Å²) in [6, 6.07) is 14.2. The summed E-state index contributed by atoms with van der Waals surface area (Å²) >= 11 is 12.6. The predicted molar refractivity (Wildman–Crippen MR) is 146 cm³/mol. The lowest BCUT2D eigenvalue weighted by atomic mass is 9.77. The van der Waals surface area contributed by atoms with E-state index in [0.717, 1.165) is 56.6 Å². The van der Waals surface area contributed by atoms with E-state index in [9.17, 15) is 9.59 Å². The van der Waals surface area contributed by atoms with Crippen molar-refractivity contribution in [3.8, 4) is 0 Å². The second kappa shape index (κ2) is 11.5. The number of likely N-dealkylation sites (tertiary alicyclic amines) is 2. The summed E-state index contributed by atoms with van der Waals surface area (Å²) in [7, 11) is 1.87. The molecule has 194 valence electrons. The number of hydrogen-bond donors (Lipinski definition) is 0. The molecule has 5 nitrogen and oxygen atoms in total. The molecule has 1 unspecified atom stereocenters. The molecule has 2 amide bonds. The Morgan fingerprint density at radius 3 is 2.36 bits per heavy atom. The van der Waals surface area contributed by atoms with Crippen LogP contribution in [0.15, 0.2) is 42.5 Å². The van der Waals surface area contributed by atoms with Gasteiger partial charge in [0, 0.05) is 45.7 Å². The van der Waals surface area contributed by atoms with Gasteiger partial charge in [-0.15, -0.1) is 0 Å². The average molecular weight is 531 g/mol. The van der Waals surface area contributed by atoms with Crippen molar-refractivity contribution in [1.29, 1.82) is 0 Å². The number of amides is 2. The summed E-state index contributed by atoms with van der Waals surface area (Å²) < 4.78 is 0. The zero-order valence-corrected chi connectivity index (χ0v) is 23.1. The van der Waals surface area contributed by atoms with Crippen molar-refractivity contribution >= 4 is 35.0 Å². The maximum atomic E-state index is 14.0. The quantitative estimate of drug-likeness (QED) is 0.440. The number of likely N-dealkylation sites (N-methyl/N-ethyl adjacent to an activating group) is 1. The minimum absolute atomic E-state index is 0.0685. The molecule has 2 saturated heterocycles. The zero-order chi connectivity index (χ0) is 25.9. The van der Waals surface area contributed by atoms with E-state index >= 15 is 0 Å². The van der Waals surface area contributed by atoms with Crippen molar-refractivity contribution < 1.29 is 9.59 Å². The van der Waals surface area contributed by atoms with Crippen LogP contribution in [0.3, 0.4) is 0 Å². The normalized spacial score (nSPS) is 18.9. The lowest BCUT2D eigenvalue weighted by molar-refractivity contribution is -0.136. The van der Waals surface area contributed by atoms with Gasteiger partial charge in [0.2, 0.25) is 11.8 Å². The Morgan fingerprint density at radius 2 is 1.75 bits per heavy atom. The van der Waals surface area contributed by atoms with E-state index in [-0.39, 0.29) is 5.91 Å². The summed E-state index contributed by atoms with van der Waals surface area (Å²) in [4.78, 5) is 32.4. The molecule has 36 heavy (non-hydrogen) atoms. The summed E-state index contributed by atoms with van der Waals surface area (Å²) in [6.45, 7) is 8.23. The van der Waals surface area contributed by atoms with Gasteiger partial charge < -0.3 is 14.7 Å². The van der Waals surface area contributed by atoms with Gasteiger partial charge in [-0.1, -0.05) is 59.1 Å². The first kappa shape index (κ1) is 27.0. The van der Waals surface area contributed by atoms with Crippen LogP contribution in [0.5, 0.6) is 0 Å². The molecule has 7 heteroatoms. The number of nitrogens with zero attached hydrogens (tertiary/aromatic N) is 3. The third-order valence-corrected chi connectivity index (χ3v) is 8.69. The molecule has 0 radical (unpaired) electrons. The average Bonchev–Trinajstić information content (AvgIpc) is 3.31. The molecule has 0 saturated carbocycles. The number of halogens is 2. The van der Waals surface area contributed by atoms with Gasteiger partial charge in [-0.25, -0.2) is 0 Å². The first-order valence-corrected chi connectivity index (χ1v) is 13.7. The predicted octanol–water partition coefficient (Wildman–Crippen LogP) is 5.70. The first-order chi connectivity index (χ1) is 17.2. The summed E-state index contributed by atoms with van der Waals surface area (Å²) in [6.07, 6.45) is 4.35. The standard InChI is InChI=1S/C29H37Cl2N3O2/c1-21-6-8-22(9-7-21)20-32(3)28(36)29(2,23-10-11-25(30)26(31)19-23)14-18-33-16-12-24(13-17-33)34-15-4-5-27(34)35/h6-11,19,24H,4-5,12-18,20H2,1-3H3. The molecule has 2 heterocycles. The third kappa shape index (κ3) is 6.07. The lowest BCUT2D eigenvalue weighted by Crippen LogP contribution is -2.48. The van der Waals surface area contributed by atoms with Crippen molar-refractivity contribution in [3.05, 3.63) is 69.2 Å². The van der Waals surface area contributed by atoms with Crippen LogP contribution in [0.2, 0.25) is 10.0 Å². The van der Waals surface area contributed by atoms with Gasteiger partial charge in [-0.2, -0.15) is 0 Å². The van der Waals surface area contributed by atoms with E-state index in [1.807, 2.05) is 31.0 Å². The van der Waals surface area contributed by atoms with Crippen LogP contribution < -0.4 is 0 Å². The van der Waals surface area contributed by atoms with Crippen molar-refractivity contribution in [3.63, 3.8) is 0 Å². The molecule has 2 aromatic rings. The third-order valence-electron chi connectivity index (χ3n) is 7.95. The van der Waals surface area contributed by atoms with E-state index in [2.05, 4.69) is 41.0 Å². The number of aryl methyl sites for hydroxylation is 1. The number of hydrogen-bond acceptors (Lipinski definition) is 3. The van der Waals surface area contributed by atoms with E-state index in [1.165, 1.54) is 5.56 Å². The van der Waals surface area contributed by atoms with Gasteiger partial charge in [0.05, 0.1) is 15.5 Å². The van der Waals surface area contributed by atoms with E-state index in [4.69, 9.17) is 23.2 Å². The molecule has 0 aromatic heterocycles. The molecule has 0 spiro atoms. The molecule has 2 aliphatic rings.